The van der Waals surface area contributed by atoms with E-state index in [1.807, 2.05) is 0 Å². The maximum atomic E-state index is 14.3. The van der Waals surface area contributed by atoms with Crippen molar-refractivity contribution in [2.24, 2.45) is 11.5 Å². The molecule has 1 aromatic rings. The second kappa shape index (κ2) is 32.4. The standard InChI is InChI=1S/C50H78N10O15/c1-4-5-6-7-8-9-10-11-12-13-15-31-25-41(66)54-35(26-39(51)64)46(70)56-34(24-30-17-19-32(63)20-18-30)45(69)57-36(27-40(52)65)50(74)60-23-14-16-38(60)48(72)55-33(21-22-42(67)75-3)44(68)58-37(28-61)47(71)59-43(29(2)62)49(73)53-31/h17-20,29,31,33-38,43,61-63H,4-16,21-28H2,1-3H3,(H2,51,64)(H2,52,65)(H,53,73)(H,54,66)(H,55,72)(H,56,70)(H,57,69)(H,58,68)(H,59,71)/t29-,31?,33+,34-,35+,36-,37-,38+,43+/m1/s1. The lowest BCUT2D eigenvalue weighted by Gasteiger charge is -2.30. The number of hydrogen-bond acceptors (Lipinski definition) is 15. The van der Waals surface area contributed by atoms with Crippen molar-refractivity contribution >= 4 is 65.0 Å². The molecule has 0 aromatic heterocycles. The number of primary amides is 2. The van der Waals surface area contributed by atoms with Gasteiger partial charge in [-0.3, -0.25) is 52.7 Å². The zero-order chi connectivity index (χ0) is 55.6. The molecule has 25 heteroatoms. The Morgan fingerprint density at radius 1 is 0.667 bits per heavy atom. The van der Waals surface area contributed by atoms with Crippen LogP contribution < -0.4 is 48.7 Å². The lowest BCUT2D eigenvalue weighted by Crippen LogP contribution is -2.61. The summed E-state index contributed by atoms with van der Waals surface area (Å²) in [5.41, 5.74) is 11.4. The molecule has 2 aliphatic rings. The zero-order valence-electron chi connectivity index (χ0n) is 43.2. The maximum absolute atomic E-state index is 14.3. The van der Waals surface area contributed by atoms with E-state index in [1.165, 1.54) is 44.0 Å². The van der Waals surface area contributed by atoms with E-state index in [-0.39, 0.29) is 38.0 Å². The number of carbonyl (C=O) groups is 11. The lowest BCUT2D eigenvalue weighted by molar-refractivity contribution is -0.144. The van der Waals surface area contributed by atoms with Gasteiger partial charge >= 0.3 is 5.97 Å². The van der Waals surface area contributed by atoms with Gasteiger partial charge in [0.25, 0.3) is 0 Å². The smallest absolute Gasteiger partial charge is 0.305 e. The third-order valence-corrected chi connectivity index (χ3v) is 13.0. The monoisotopic (exact) mass is 1060 g/mol. The number of ether oxygens (including phenoxy) is 1. The van der Waals surface area contributed by atoms with Gasteiger partial charge in [-0.1, -0.05) is 83.3 Å². The highest BCUT2D eigenvalue weighted by Gasteiger charge is 2.41. The highest BCUT2D eigenvalue weighted by molar-refractivity contribution is 6.00. The van der Waals surface area contributed by atoms with E-state index in [1.54, 1.807) is 0 Å². The number of esters is 1. The van der Waals surface area contributed by atoms with Crippen LogP contribution in [0.4, 0.5) is 0 Å². The molecule has 0 spiro atoms. The number of aromatic hydroxyl groups is 1. The van der Waals surface area contributed by atoms with Gasteiger partial charge < -0.3 is 73.6 Å². The Morgan fingerprint density at radius 3 is 1.79 bits per heavy atom. The fourth-order valence-electron chi connectivity index (χ4n) is 8.83. The molecule has 0 bridgehead atoms. The number of phenols is 1. The minimum absolute atomic E-state index is 0.0111. The number of nitrogens with two attached hydrogens (primary N) is 2. The molecule has 14 N–H and O–H groups in total. The van der Waals surface area contributed by atoms with E-state index in [0.29, 0.717) is 18.4 Å². The molecular formula is C50H78N10O15. The van der Waals surface area contributed by atoms with Crippen LogP contribution in [0.5, 0.6) is 5.75 Å². The van der Waals surface area contributed by atoms with Crippen LogP contribution in [0.15, 0.2) is 24.3 Å². The minimum atomic E-state index is -1.80. The van der Waals surface area contributed by atoms with Crippen LogP contribution in [0, 0.1) is 0 Å². The van der Waals surface area contributed by atoms with Crippen molar-refractivity contribution in [3.8, 4) is 5.75 Å². The van der Waals surface area contributed by atoms with E-state index >= 15 is 0 Å². The molecule has 2 heterocycles. The first-order chi connectivity index (χ1) is 35.7. The SMILES string of the molecule is CCCCCCCCCCCCC1CC(=O)N[C@@H](CC(N)=O)C(=O)N[C@H](Cc2ccc(O)cc2)C(=O)N[C@H](CC(N)=O)C(=O)N2CCC[C@H]2C(=O)N[C@@H](CCC(=O)OC)C(=O)N[C@H](CO)C(=O)N[C@@H]([C@@H](C)O)C(=O)N1. The summed E-state index contributed by atoms with van der Waals surface area (Å²) in [5, 5.41) is 48.2. The Kier molecular flexibility index (Phi) is 27.0. The Bertz CT molecular complexity index is 2130. The molecular weight excluding hydrogens is 981 g/mol. The van der Waals surface area contributed by atoms with Gasteiger partial charge in [-0.05, 0) is 50.3 Å². The number of amides is 10. The molecule has 418 valence electrons. The molecule has 9 atom stereocenters. The summed E-state index contributed by atoms with van der Waals surface area (Å²) in [4.78, 5) is 150. The van der Waals surface area contributed by atoms with Crippen LogP contribution >= 0.6 is 0 Å². The number of nitrogens with zero attached hydrogens (tertiary/aromatic N) is 1. The van der Waals surface area contributed by atoms with Crippen molar-refractivity contribution in [1.29, 1.82) is 0 Å². The average Bonchev–Trinajstić information content (AvgIpc) is 3.86. The van der Waals surface area contributed by atoms with Crippen LogP contribution in [-0.4, -0.2) is 160 Å². The molecule has 0 saturated carbocycles. The maximum Gasteiger partial charge on any atom is 0.305 e. The van der Waals surface area contributed by atoms with Crippen LogP contribution in [0.3, 0.4) is 0 Å². The number of hydrogen-bond donors (Lipinski definition) is 12. The summed E-state index contributed by atoms with van der Waals surface area (Å²) in [6, 6.07) is -7.08. The first-order valence-electron chi connectivity index (χ1n) is 25.8. The zero-order valence-corrected chi connectivity index (χ0v) is 43.2. The third-order valence-electron chi connectivity index (χ3n) is 13.0. The predicted molar refractivity (Wildman–Crippen MR) is 269 cm³/mol. The predicted octanol–water partition coefficient (Wildman–Crippen LogP) is -1.89. The first kappa shape index (κ1) is 62.4. The normalized spacial score (nSPS) is 24.4. The number of fused-ring (bicyclic) bond motifs is 1. The van der Waals surface area contributed by atoms with Gasteiger partial charge in [-0.25, -0.2) is 0 Å². The average molecular weight is 1060 g/mol. The number of phenolic OH excluding ortho intramolecular Hbond substituents is 1. The molecule has 2 aliphatic heterocycles. The summed E-state index contributed by atoms with van der Waals surface area (Å²) in [5.74, 6) is -11.1. The quantitative estimate of drug-likeness (QED) is 0.0446. The second-order valence-electron chi connectivity index (χ2n) is 19.2. The Hall–Kier alpha value is -6.89. The van der Waals surface area contributed by atoms with E-state index in [9.17, 15) is 68.1 Å². The summed E-state index contributed by atoms with van der Waals surface area (Å²) < 4.78 is 4.71. The lowest BCUT2D eigenvalue weighted by atomic mass is 10.0. The number of aliphatic hydroxyl groups is 2. The van der Waals surface area contributed by atoms with Gasteiger partial charge in [-0.15, -0.1) is 0 Å². The first-order valence-corrected chi connectivity index (χ1v) is 25.8. The molecule has 75 heavy (non-hydrogen) atoms. The molecule has 0 aliphatic carbocycles. The van der Waals surface area contributed by atoms with Crippen LogP contribution in [0.2, 0.25) is 0 Å². The molecule has 2 saturated heterocycles. The van der Waals surface area contributed by atoms with E-state index in [0.717, 1.165) is 50.5 Å². The molecule has 0 radical (unpaired) electrons. The van der Waals surface area contributed by atoms with E-state index in [4.69, 9.17) is 16.2 Å². The van der Waals surface area contributed by atoms with Gasteiger partial charge in [0.1, 0.15) is 48.0 Å². The fraction of sp³-hybridized carbons (Fsp3) is 0.660. The van der Waals surface area contributed by atoms with Gasteiger partial charge in [0.15, 0.2) is 0 Å². The number of aliphatic hydroxyl groups excluding tert-OH is 2. The Labute approximate surface area is 436 Å². The van der Waals surface area contributed by atoms with Crippen molar-refractivity contribution in [2.45, 2.75) is 190 Å². The summed E-state index contributed by atoms with van der Waals surface area (Å²) in [6.07, 6.45) is 5.35. The van der Waals surface area contributed by atoms with Gasteiger partial charge in [-0.2, -0.15) is 0 Å². The van der Waals surface area contributed by atoms with Crippen LogP contribution in [-0.2, 0) is 63.9 Å². The summed E-state index contributed by atoms with van der Waals surface area (Å²) in [6.45, 7) is 2.18. The fourth-order valence-corrected chi connectivity index (χ4v) is 8.83. The van der Waals surface area contributed by atoms with Crippen molar-refractivity contribution in [3.05, 3.63) is 29.8 Å². The molecule has 1 unspecified atom stereocenters. The highest BCUT2D eigenvalue weighted by atomic mass is 16.5. The van der Waals surface area contributed by atoms with Gasteiger partial charge in [0.2, 0.25) is 59.1 Å². The number of unbranched alkanes of at least 4 members (excludes halogenated alkanes) is 9. The molecule has 25 nitrogen and oxygen atoms in total. The van der Waals surface area contributed by atoms with E-state index < -0.39 is 158 Å². The van der Waals surface area contributed by atoms with Crippen molar-refractivity contribution < 1.29 is 72.8 Å². The van der Waals surface area contributed by atoms with Gasteiger partial charge in [0.05, 0.1) is 32.7 Å². The summed E-state index contributed by atoms with van der Waals surface area (Å²) in [7, 11) is 1.09. The summed E-state index contributed by atoms with van der Waals surface area (Å²) >= 11 is 0. The molecule has 3 rings (SSSR count). The molecule has 10 amide bonds. The highest BCUT2D eigenvalue weighted by Crippen LogP contribution is 2.21. The number of rotatable bonds is 22. The van der Waals surface area contributed by atoms with Crippen LogP contribution in [0.25, 0.3) is 0 Å². The second-order valence-corrected chi connectivity index (χ2v) is 19.2. The number of carbonyl (C=O) groups excluding carboxylic acids is 11. The van der Waals surface area contributed by atoms with Gasteiger partial charge in [0, 0.05) is 31.8 Å². The Morgan fingerprint density at radius 2 is 1.20 bits per heavy atom. The van der Waals surface area contributed by atoms with Crippen LogP contribution in [0.1, 0.15) is 135 Å². The van der Waals surface area contributed by atoms with E-state index in [2.05, 4.69) is 44.1 Å². The largest absolute Gasteiger partial charge is 0.508 e. The van der Waals surface area contributed by atoms with Crippen molar-refractivity contribution in [2.75, 3.05) is 20.3 Å². The third kappa shape index (κ3) is 21.8. The number of nitrogens with one attached hydrogen (secondary N) is 7. The van der Waals surface area contributed by atoms with Crippen molar-refractivity contribution in [3.63, 3.8) is 0 Å². The Balaban J connectivity index is 2.11. The van der Waals surface area contributed by atoms with Crippen molar-refractivity contribution in [1.82, 2.24) is 42.1 Å². The molecule has 2 fully saturated rings. The number of benzene rings is 1. The minimum Gasteiger partial charge on any atom is -0.508 e. The molecule has 1 aromatic carbocycles. The number of methoxy groups -OCH3 is 1. The topological polar surface area (TPSA) is 397 Å².